The van der Waals surface area contributed by atoms with Gasteiger partial charge < -0.3 is 14.5 Å². The predicted octanol–water partition coefficient (Wildman–Crippen LogP) is 2.23. The Bertz CT molecular complexity index is 1060. The van der Waals surface area contributed by atoms with Crippen LogP contribution in [0.5, 0.6) is 5.75 Å². The second-order valence-corrected chi connectivity index (χ2v) is 7.59. The van der Waals surface area contributed by atoms with Gasteiger partial charge in [0.05, 0.1) is 5.56 Å². The number of benzene rings is 1. The maximum atomic E-state index is 13.1. The van der Waals surface area contributed by atoms with Crippen LogP contribution in [0.25, 0.3) is 10.8 Å². The van der Waals surface area contributed by atoms with Crippen LogP contribution in [0.4, 0.5) is 18.3 Å². The molecular weight excluding hydrogens is 439 g/mol. The fourth-order valence-corrected chi connectivity index (χ4v) is 3.84. The van der Waals surface area contributed by atoms with Crippen LogP contribution in [0, 0.1) is 0 Å². The number of alkyl halides is 3. The predicted molar refractivity (Wildman–Crippen MR) is 101 cm³/mol. The van der Waals surface area contributed by atoms with Crippen LogP contribution in [0.3, 0.4) is 0 Å². The highest BCUT2D eigenvalue weighted by Crippen LogP contribution is 2.37. The van der Waals surface area contributed by atoms with E-state index in [0.29, 0.717) is 41.0 Å². The minimum atomic E-state index is -4.47. The van der Waals surface area contributed by atoms with Crippen molar-refractivity contribution in [3.8, 4) is 16.6 Å². The van der Waals surface area contributed by atoms with Crippen LogP contribution in [0.1, 0.15) is 25.3 Å². The SMILES string of the molecule is CC(=O)On1nnc(-c2nnc(N3CCC(Oc4ccccc4C(F)(F)F)CC3)s2)n1. The number of halogens is 3. The van der Waals surface area contributed by atoms with Gasteiger partial charge >= 0.3 is 12.1 Å². The molecule has 3 heterocycles. The van der Waals surface area contributed by atoms with E-state index in [-0.39, 0.29) is 17.7 Å². The highest BCUT2D eigenvalue weighted by molar-refractivity contribution is 7.18. The van der Waals surface area contributed by atoms with E-state index < -0.39 is 17.7 Å². The first-order chi connectivity index (χ1) is 14.8. The highest BCUT2D eigenvalue weighted by atomic mass is 32.1. The van der Waals surface area contributed by atoms with E-state index in [1.54, 1.807) is 0 Å². The van der Waals surface area contributed by atoms with Crippen molar-refractivity contribution in [2.75, 3.05) is 18.0 Å². The number of aromatic nitrogens is 6. The molecule has 3 aromatic rings. The van der Waals surface area contributed by atoms with Gasteiger partial charge in [-0.15, -0.1) is 15.3 Å². The number of piperidine rings is 1. The molecule has 10 nitrogen and oxygen atoms in total. The average Bonchev–Trinajstić information content (AvgIpc) is 3.37. The summed E-state index contributed by atoms with van der Waals surface area (Å²) >= 11 is 1.23. The van der Waals surface area contributed by atoms with Crippen molar-refractivity contribution >= 4 is 22.4 Å². The molecule has 0 amide bonds. The summed E-state index contributed by atoms with van der Waals surface area (Å²) in [4.78, 5) is 18.3. The second-order valence-electron chi connectivity index (χ2n) is 6.64. The molecule has 31 heavy (non-hydrogen) atoms. The average molecular weight is 455 g/mol. The molecule has 2 aromatic heterocycles. The molecule has 1 fully saturated rings. The van der Waals surface area contributed by atoms with Gasteiger partial charge in [0.25, 0.3) is 0 Å². The Morgan fingerprint density at radius 3 is 2.61 bits per heavy atom. The Hall–Kier alpha value is -3.29. The monoisotopic (exact) mass is 455 g/mol. The third-order valence-electron chi connectivity index (χ3n) is 4.41. The number of hydrogen-bond donors (Lipinski definition) is 0. The Morgan fingerprint density at radius 2 is 1.90 bits per heavy atom. The molecule has 4 rings (SSSR count). The molecule has 1 aliphatic heterocycles. The fourth-order valence-electron chi connectivity index (χ4n) is 3.02. The van der Waals surface area contributed by atoms with E-state index in [2.05, 4.69) is 30.4 Å². The first-order valence-electron chi connectivity index (χ1n) is 9.20. The topological polar surface area (TPSA) is 108 Å². The number of carbonyl (C=O) groups is 1. The number of nitrogens with zero attached hydrogens (tertiary/aromatic N) is 7. The third-order valence-corrected chi connectivity index (χ3v) is 5.39. The van der Waals surface area contributed by atoms with Gasteiger partial charge in [0.1, 0.15) is 11.9 Å². The molecule has 0 radical (unpaired) electrons. The summed E-state index contributed by atoms with van der Waals surface area (Å²) in [7, 11) is 0. The van der Waals surface area contributed by atoms with E-state index in [9.17, 15) is 18.0 Å². The van der Waals surface area contributed by atoms with E-state index in [1.807, 2.05) is 4.90 Å². The number of tetrazole rings is 1. The van der Waals surface area contributed by atoms with Gasteiger partial charge in [-0.1, -0.05) is 28.6 Å². The molecule has 1 aliphatic rings. The zero-order chi connectivity index (χ0) is 22.0. The summed E-state index contributed by atoms with van der Waals surface area (Å²) < 4.78 is 45.1. The van der Waals surface area contributed by atoms with Crippen molar-refractivity contribution < 1.29 is 27.5 Å². The molecule has 1 saturated heterocycles. The standard InChI is InChI=1S/C17H16F3N7O3S/c1-10(28)30-27-24-14(21-25-27)15-22-23-16(31-15)26-8-6-11(7-9-26)29-13-5-3-2-4-12(13)17(18,19)20/h2-5,11H,6-9H2,1H3. The number of hydrogen-bond acceptors (Lipinski definition) is 10. The Morgan fingerprint density at radius 1 is 1.16 bits per heavy atom. The molecular formula is C17H16F3N7O3S. The van der Waals surface area contributed by atoms with E-state index >= 15 is 0 Å². The molecule has 0 atom stereocenters. The molecule has 0 aliphatic carbocycles. The number of anilines is 1. The lowest BCUT2D eigenvalue weighted by atomic mass is 10.1. The van der Waals surface area contributed by atoms with Crippen LogP contribution >= 0.6 is 11.3 Å². The number of para-hydroxylation sites is 1. The minimum Gasteiger partial charge on any atom is -0.490 e. The van der Waals surface area contributed by atoms with Crippen LogP contribution in [-0.2, 0) is 11.0 Å². The van der Waals surface area contributed by atoms with Crippen molar-refractivity contribution in [1.29, 1.82) is 0 Å². The van der Waals surface area contributed by atoms with Crippen LogP contribution in [0.2, 0.25) is 0 Å². The molecule has 0 N–H and O–H groups in total. The zero-order valence-corrected chi connectivity index (χ0v) is 16.9. The van der Waals surface area contributed by atoms with Gasteiger partial charge in [-0.05, 0) is 17.3 Å². The number of ether oxygens (including phenoxy) is 1. The zero-order valence-electron chi connectivity index (χ0n) is 16.1. The Balaban J connectivity index is 1.37. The van der Waals surface area contributed by atoms with E-state index in [4.69, 9.17) is 4.74 Å². The highest BCUT2D eigenvalue weighted by Gasteiger charge is 2.35. The molecule has 164 valence electrons. The van der Waals surface area contributed by atoms with Crippen molar-refractivity contribution in [2.24, 2.45) is 0 Å². The Labute approximate surface area is 177 Å². The maximum absolute atomic E-state index is 13.1. The van der Waals surface area contributed by atoms with Gasteiger partial charge in [-0.25, -0.2) is 4.79 Å². The van der Waals surface area contributed by atoms with Crippen molar-refractivity contribution in [1.82, 2.24) is 30.6 Å². The first kappa shape index (κ1) is 21.0. The molecule has 0 spiro atoms. The molecule has 0 saturated carbocycles. The van der Waals surface area contributed by atoms with Crippen molar-refractivity contribution in [2.45, 2.75) is 32.0 Å². The maximum Gasteiger partial charge on any atom is 0.419 e. The van der Waals surface area contributed by atoms with Gasteiger partial charge in [0.2, 0.25) is 11.0 Å². The largest absolute Gasteiger partial charge is 0.490 e. The third kappa shape index (κ3) is 4.90. The molecule has 0 unspecified atom stereocenters. The quantitative estimate of drug-likeness (QED) is 0.535. The summed E-state index contributed by atoms with van der Waals surface area (Å²) in [6.45, 7) is 2.29. The number of rotatable bonds is 5. The van der Waals surface area contributed by atoms with Crippen LogP contribution in [0.15, 0.2) is 24.3 Å². The van der Waals surface area contributed by atoms with Gasteiger partial charge in [0, 0.05) is 37.8 Å². The van der Waals surface area contributed by atoms with Crippen LogP contribution in [-0.4, -0.2) is 55.7 Å². The summed E-state index contributed by atoms with van der Waals surface area (Å²) in [6.07, 6.45) is -3.74. The molecule has 1 aromatic carbocycles. The number of carbonyl (C=O) groups excluding carboxylic acids is 1. The van der Waals surface area contributed by atoms with Crippen molar-refractivity contribution in [3.05, 3.63) is 29.8 Å². The van der Waals surface area contributed by atoms with Gasteiger partial charge in [0.15, 0.2) is 5.01 Å². The van der Waals surface area contributed by atoms with E-state index in [1.165, 1.54) is 36.5 Å². The first-order valence-corrected chi connectivity index (χ1v) is 10.0. The van der Waals surface area contributed by atoms with Crippen LogP contribution < -0.4 is 14.5 Å². The van der Waals surface area contributed by atoms with Crippen molar-refractivity contribution in [3.63, 3.8) is 0 Å². The smallest absolute Gasteiger partial charge is 0.419 e. The molecule has 0 bridgehead atoms. The Kier molecular flexibility index (Phi) is 5.71. The van der Waals surface area contributed by atoms with E-state index in [0.717, 1.165) is 6.07 Å². The van der Waals surface area contributed by atoms with Gasteiger partial charge in [-0.3, -0.25) is 0 Å². The lowest BCUT2D eigenvalue weighted by molar-refractivity contribution is -0.145. The van der Waals surface area contributed by atoms with Gasteiger partial charge in [-0.2, -0.15) is 13.2 Å². The lowest BCUT2D eigenvalue weighted by Crippen LogP contribution is -2.38. The fraction of sp³-hybridized carbons (Fsp3) is 0.412. The normalized spacial score (nSPS) is 15.2. The molecule has 14 heteroatoms. The summed E-state index contributed by atoms with van der Waals surface area (Å²) in [6, 6.07) is 5.21. The summed E-state index contributed by atoms with van der Waals surface area (Å²) in [5.41, 5.74) is -0.777. The second kappa shape index (κ2) is 8.45. The summed E-state index contributed by atoms with van der Waals surface area (Å²) in [5.74, 6) is -0.592. The minimum absolute atomic E-state index is 0.159. The lowest BCUT2D eigenvalue weighted by Gasteiger charge is -2.32. The summed E-state index contributed by atoms with van der Waals surface area (Å²) in [5, 5.41) is 20.4.